The largest absolute Gasteiger partial charge is 0.265 e. The van der Waals surface area contributed by atoms with E-state index in [0.717, 1.165) is 17.6 Å². The van der Waals surface area contributed by atoms with Crippen molar-refractivity contribution in [2.24, 2.45) is 0 Å². The van der Waals surface area contributed by atoms with E-state index in [2.05, 4.69) is 40.7 Å². The lowest BCUT2D eigenvalue weighted by molar-refractivity contribution is 1.33. The molecule has 2 nitrogen and oxygen atoms in total. The molecule has 3 heteroatoms. The second kappa shape index (κ2) is 6.67. The van der Waals surface area contributed by atoms with Crippen LogP contribution in [0.2, 0.25) is 0 Å². The summed E-state index contributed by atoms with van der Waals surface area (Å²) < 4.78 is 1.23. The van der Waals surface area contributed by atoms with Crippen LogP contribution >= 0.6 is 11.3 Å². The monoisotopic (exact) mass is 306 g/mol. The van der Waals surface area contributed by atoms with Crippen LogP contribution < -0.4 is 0 Å². The Bertz CT molecular complexity index is 829. The number of pyridine rings is 2. The van der Waals surface area contributed by atoms with Crippen molar-refractivity contribution in [2.75, 3.05) is 0 Å². The topological polar surface area (TPSA) is 25.8 Å². The van der Waals surface area contributed by atoms with Gasteiger partial charge in [-0.25, -0.2) is 4.98 Å². The third-order valence-electron chi connectivity index (χ3n) is 3.48. The number of rotatable bonds is 2. The molecular formula is C19H18N2S. The maximum atomic E-state index is 4.86. The number of thiophene rings is 1. The molecule has 3 aromatic heterocycles. The van der Waals surface area contributed by atoms with Crippen molar-refractivity contribution in [1.82, 2.24) is 9.97 Å². The number of allylic oxidation sites excluding steroid dienone is 4. The molecule has 3 aromatic rings. The van der Waals surface area contributed by atoms with Crippen LogP contribution in [0.4, 0.5) is 0 Å². The summed E-state index contributed by atoms with van der Waals surface area (Å²) >= 11 is 1.74. The van der Waals surface area contributed by atoms with Gasteiger partial charge in [-0.15, -0.1) is 11.3 Å². The van der Waals surface area contributed by atoms with Crippen molar-refractivity contribution in [1.29, 1.82) is 0 Å². The highest BCUT2D eigenvalue weighted by Crippen LogP contribution is 2.33. The van der Waals surface area contributed by atoms with E-state index in [-0.39, 0.29) is 0 Å². The van der Waals surface area contributed by atoms with Crippen molar-refractivity contribution in [2.45, 2.75) is 20.3 Å². The maximum absolute atomic E-state index is 4.86. The Balaban J connectivity index is 0.000000693. The summed E-state index contributed by atoms with van der Waals surface area (Å²) in [4.78, 5) is 8.94. The summed E-state index contributed by atoms with van der Waals surface area (Å²) in [5.74, 6) is 0. The number of hydrogen-bond donors (Lipinski definition) is 0. The summed E-state index contributed by atoms with van der Waals surface area (Å²) in [5.41, 5.74) is 5.72. The lowest BCUT2D eigenvalue weighted by atomic mass is 10.1. The second-order valence-corrected chi connectivity index (χ2v) is 5.64. The van der Waals surface area contributed by atoms with Gasteiger partial charge in [-0.2, -0.15) is 0 Å². The van der Waals surface area contributed by atoms with Gasteiger partial charge in [0.05, 0.1) is 15.9 Å². The number of hydrogen-bond acceptors (Lipinski definition) is 3. The Hall–Kier alpha value is -2.26. The van der Waals surface area contributed by atoms with E-state index in [0.29, 0.717) is 0 Å². The van der Waals surface area contributed by atoms with Gasteiger partial charge in [-0.05, 0) is 41.8 Å². The molecule has 0 aromatic carbocycles. The van der Waals surface area contributed by atoms with E-state index in [1.54, 1.807) is 11.3 Å². The molecule has 110 valence electrons. The first kappa shape index (κ1) is 14.7. The molecule has 1 aliphatic carbocycles. The van der Waals surface area contributed by atoms with Crippen LogP contribution in [0.5, 0.6) is 0 Å². The molecule has 0 atom stereocenters. The van der Waals surface area contributed by atoms with Gasteiger partial charge in [0.1, 0.15) is 0 Å². The highest BCUT2D eigenvalue weighted by atomic mass is 32.1. The third kappa shape index (κ3) is 2.72. The van der Waals surface area contributed by atoms with Crippen LogP contribution in [0.3, 0.4) is 0 Å². The van der Waals surface area contributed by atoms with Crippen molar-refractivity contribution in [3.8, 4) is 11.1 Å². The molecule has 0 unspecified atom stereocenters. The van der Waals surface area contributed by atoms with Crippen LogP contribution in [0, 0.1) is 0 Å². The summed E-state index contributed by atoms with van der Waals surface area (Å²) in [6.45, 7) is 4.00. The Morgan fingerprint density at radius 3 is 2.59 bits per heavy atom. The SMILES string of the molecule is C1=CC(c2ccc3scc(-c4ccncc4)c3n2)=CC1.CC. The predicted molar refractivity (Wildman–Crippen MR) is 95.9 cm³/mol. The van der Waals surface area contributed by atoms with Gasteiger partial charge >= 0.3 is 0 Å². The first-order valence-corrected chi connectivity index (χ1v) is 8.45. The summed E-state index contributed by atoms with van der Waals surface area (Å²) in [5, 5.41) is 2.18. The van der Waals surface area contributed by atoms with Crippen molar-refractivity contribution >= 4 is 27.1 Å². The van der Waals surface area contributed by atoms with Crippen LogP contribution in [0.25, 0.3) is 26.9 Å². The van der Waals surface area contributed by atoms with Crippen molar-refractivity contribution < 1.29 is 0 Å². The standard InChI is InChI=1S/C17H12N2S.C2H6/c1-2-4-13(3-1)15-5-6-16-17(19-15)14(11-20-16)12-7-9-18-10-8-12;1-2/h1,3-11H,2H2;1-2H3. The molecular weight excluding hydrogens is 288 g/mol. The highest BCUT2D eigenvalue weighted by molar-refractivity contribution is 7.17. The maximum Gasteiger partial charge on any atom is 0.0895 e. The zero-order chi connectivity index (χ0) is 15.4. The second-order valence-electron chi connectivity index (χ2n) is 4.73. The fourth-order valence-corrected chi connectivity index (χ4v) is 3.36. The minimum atomic E-state index is 1.01. The first-order chi connectivity index (χ1) is 10.9. The first-order valence-electron chi connectivity index (χ1n) is 7.57. The highest BCUT2D eigenvalue weighted by Gasteiger charge is 2.10. The zero-order valence-corrected chi connectivity index (χ0v) is 13.6. The Morgan fingerprint density at radius 2 is 1.86 bits per heavy atom. The Labute approximate surface area is 134 Å². The van der Waals surface area contributed by atoms with Crippen molar-refractivity contribution in [3.63, 3.8) is 0 Å². The van der Waals surface area contributed by atoms with E-state index in [9.17, 15) is 0 Å². The third-order valence-corrected chi connectivity index (χ3v) is 4.41. The summed E-state index contributed by atoms with van der Waals surface area (Å²) in [6, 6.07) is 8.34. The molecule has 0 fully saturated rings. The molecule has 0 amide bonds. The van der Waals surface area contributed by atoms with Gasteiger partial charge in [0.2, 0.25) is 0 Å². The van der Waals surface area contributed by atoms with Crippen LogP contribution in [-0.4, -0.2) is 9.97 Å². The fourth-order valence-electron chi connectivity index (χ4n) is 2.46. The molecule has 4 rings (SSSR count). The number of nitrogens with zero attached hydrogens (tertiary/aromatic N) is 2. The van der Waals surface area contributed by atoms with Gasteiger partial charge in [0.15, 0.2) is 0 Å². The molecule has 0 N–H and O–H groups in total. The van der Waals surface area contributed by atoms with Gasteiger partial charge < -0.3 is 0 Å². The van der Waals surface area contributed by atoms with Gasteiger partial charge in [0, 0.05) is 23.3 Å². The lowest BCUT2D eigenvalue weighted by Crippen LogP contribution is -1.87. The molecule has 0 saturated carbocycles. The molecule has 0 radical (unpaired) electrons. The smallest absolute Gasteiger partial charge is 0.0895 e. The van der Waals surface area contributed by atoms with Crippen LogP contribution in [0.15, 0.2) is 60.3 Å². The normalized spacial score (nSPS) is 12.9. The minimum Gasteiger partial charge on any atom is -0.265 e. The predicted octanol–water partition coefficient (Wildman–Crippen LogP) is 5.73. The molecule has 22 heavy (non-hydrogen) atoms. The van der Waals surface area contributed by atoms with Gasteiger partial charge in [-0.1, -0.05) is 32.1 Å². The summed E-state index contributed by atoms with van der Waals surface area (Å²) in [7, 11) is 0. The molecule has 0 saturated heterocycles. The summed E-state index contributed by atoms with van der Waals surface area (Å²) in [6.07, 6.45) is 11.2. The average molecular weight is 306 g/mol. The van der Waals surface area contributed by atoms with Crippen LogP contribution in [-0.2, 0) is 0 Å². The zero-order valence-electron chi connectivity index (χ0n) is 12.8. The van der Waals surface area contributed by atoms with E-state index < -0.39 is 0 Å². The van der Waals surface area contributed by atoms with E-state index in [1.165, 1.54) is 21.4 Å². The van der Waals surface area contributed by atoms with Gasteiger partial charge in [-0.3, -0.25) is 4.98 Å². The fraction of sp³-hybridized carbons (Fsp3) is 0.158. The average Bonchev–Trinajstić information content (AvgIpc) is 3.26. The van der Waals surface area contributed by atoms with E-state index in [4.69, 9.17) is 4.98 Å². The Morgan fingerprint density at radius 1 is 1.05 bits per heavy atom. The van der Waals surface area contributed by atoms with E-state index in [1.807, 2.05) is 38.4 Å². The lowest BCUT2D eigenvalue weighted by Gasteiger charge is -2.02. The van der Waals surface area contributed by atoms with Crippen LogP contribution in [0.1, 0.15) is 26.0 Å². The molecule has 0 aliphatic heterocycles. The molecule has 3 heterocycles. The van der Waals surface area contributed by atoms with Crippen molar-refractivity contribution in [3.05, 3.63) is 66.0 Å². The molecule has 0 bridgehead atoms. The quantitative estimate of drug-likeness (QED) is 0.604. The Kier molecular flexibility index (Phi) is 4.45. The van der Waals surface area contributed by atoms with E-state index >= 15 is 0 Å². The number of fused-ring (bicyclic) bond motifs is 1. The number of aromatic nitrogens is 2. The molecule has 1 aliphatic rings. The minimum absolute atomic E-state index is 1.01. The van der Waals surface area contributed by atoms with Gasteiger partial charge in [0.25, 0.3) is 0 Å². The molecule has 0 spiro atoms.